The van der Waals surface area contributed by atoms with E-state index in [2.05, 4.69) is 10.2 Å². The van der Waals surface area contributed by atoms with Crippen LogP contribution < -0.4 is 0 Å². The molecule has 0 spiro atoms. The van der Waals surface area contributed by atoms with Crippen LogP contribution in [-0.2, 0) is 4.79 Å². The molecule has 29 heavy (non-hydrogen) atoms. The van der Waals surface area contributed by atoms with E-state index in [4.69, 9.17) is 0 Å². The molecular formula is C21H21FN4OS2. The summed E-state index contributed by atoms with van der Waals surface area (Å²) in [5.41, 5.74) is 2.70. The minimum absolute atomic E-state index is 0.0237. The predicted octanol–water partition coefficient (Wildman–Crippen LogP) is 4.39. The van der Waals surface area contributed by atoms with E-state index in [1.165, 1.54) is 23.4 Å². The molecule has 3 aromatic rings. The first-order valence-electron chi connectivity index (χ1n) is 9.32. The second-order valence-corrected chi connectivity index (χ2v) is 8.95. The number of thioether (sulfide) groups is 2. The molecule has 4 rings (SSSR count). The first-order chi connectivity index (χ1) is 14.0. The van der Waals surface area contributed by atoms with E-state index in [9.17, 15) is 9.18 Å². The molecule has 0 saturated carbocycles. The molecule has 0 bridgehead atoms. The number of nitrogens with zero attached hydrogens (tertiary/aromatic N) is 4. The van der Waals surface area contributed by atoms with Crippen LogP contribution in [0.4, 0.5) is 4.39 Å². The van der Waals surface area contributed by atoms with Crippen molar-refractivity contribution in [3.8, 4) is 5.69 Å². The summed E-state index contributed by atoms with van der Waals surface area (Å²) in [6, 6.07) is 14.8. The SMILES string of the molecule is Cc1ccc(-n2c(C)nnc2SCC(=O)N2CCS[C@H]2c2ccccc2F)cc1. The van der Waals surface area contributed by atoms with E-state index in [1.807, 2.05) is 48.7 Å². The number of aryl methyl sites for hydroxylation is 2. The second kappa shape index (κ2) is 8.59. The number of carbonyl (C=O) groups excluding carboxylic acids is 1. The Hall–Kier alpha value is -2.32. The van der Waals surface area contributed by atoms with Crippen molar-refractivity contribution in [2.45, 2.75) is 24.4 Å². The van der Waals surface area contributed by atoms with E-state index < -0.39 is 0 Å². The average molecular weight is 429 g/mol. The van der Waals surface area contributed by atoms with E-state index in [1.54, 1.807) is 28.8 Å². The van der Waals surface area contributed by atoms with Crippen molar-refractivity contribution in [3.63, 3.8) is 0 Å². The lowest BCUT2D eigenvalue weighted by molar-refractivity contribution is -0.128. The monoisotopic (exact) mass is 428 g/mol. The van der Waals surface area contributed by atoms with Gasteiger partial charge in [-0.15, -0.1) is 22.0 Å². The van der Waals surface area contributed by atoms with E-state index in [0.29, 0.717) is 17.3 Å². The molecule has 1 atom stereocenters. The number of benzene rings is 2. The third-order valence-corrected chi connectivity index (χ3v) is 6.95. The molecule has 0 radical (unpaired) electrons. The molecule has 0 unspecified atom stereocenters. The van der Waals surface area contributed by atoms with E-state index in [0.717, 1.165) is 17.3 Å². The standard InChI is InChI=1S/C21H21FN4OS2/c1-14-7-9-16(10-8-14)26-15(2)23-24-21(26)29-13-19(27)25-11-12-28-20(25)17-5-3-4-6-18(17)22/h3-10,20H,11-13H2,1-2H3/t20-/m0/s1. The maximum absolute atomic E-state index is 14.2. The quantitative estimate of drug-likeness (QED) is 0.564. The number of halogens is 1. The highest BCUT2D eigenvalue weighted by Gasteiger charge is 2.32. The fraction of sp³-hybridized carbons (Fsp3) is 0.286. The Morgan fingerprint density at radius 2 is 1.93 bits per heavy atom. The van der Waals surface area contributed by atoms with Crippen LogP contribution in [0.1, 0.15) is 22.3 Å². The highest BCUT2D eigenvalue weighted by atomic mass is 32.2. The lowest BCUT2D eigenvalue weighted by Gasteiger charge is -2.24. The van der Waals surface area contributed by atoms with Crippen LogP contribution in [0.2, 0.25) is 0 Å². The largest absolute Gasteiger partial charge is 0.325 e. The Morgan fingerprint density at radius 3 is 2.69 bits per heavy atom. The normalized spacial score (nSPS) is 16.4. The molecule has 2 aromatic carbocycles. The summed E-state index contributed by atoms with van der Waals surface area (Å²) < 4.78 is 16.2. The number of carbonyl (C=O) groups is 1. The minimum Gasteiger partial charge on any atom is -0.325 e. The van der Waals surface area contributed by atoms with Gasteiger partial charge in [-0.2, -0.15) is 0 Å². The van der Waals surface area contributed by atoms with Crippen LogP contribution in [0.15, 0.2) is 53.7 Å². The van der Waals surface area contributed by atoms with Gasteiger partial charge in [0.25, 0.3) is 0 Å². The molecule has 2 heterocycles. The lowest BCUT2D eigenvalue weighted by atomic mass is 10.2. The summed E-state index contributed by atoms with van der Waals surface area (Å²) in [7, 11) is 0. The summed E-state index contributed by atoms with van der Waals surface area (Å²) in [5.74, 6) is 1.50. The van der Waals surface area contributed by atoms with Gasteiger partial charge in [-0.1, -0.05) is 47.7 Å². The van der Waals surface area contributed by atoms with Crippen LogP contribution in [0.3, 0.4) is 0 Å². The fourth-order valence-corrected chi connectivity index (χ4v) is 5.48. The zero-order valence-corrected chi connectivity index (χ0v) is 17.8. The first-order valence-corrected chi connectivity index (χ1v) is 11.4. The van der Waals surface area contributed by atoms with Crippen LogP contribution in [-0.4, -0.2) is 43.6 Å². The first kappa shape index (κ1) is 20.0. The van der Waals surface area contributed by atoms with Crippen molar-refractivity contribution in [2.75, 3.05) is 18.1 Å². The summed E-state index contributed by atoms with van der Waals surface area (Å²) >= 11 is 2.95. The highest BCUT2D eigenvalue weighted by Crippen LogP contribution is 2.39. The van der Waals surface area contributed by atoms with Gasteiger partial charge in [0.15, 0.2) is 5.16 Å². The smallest absolute Gasteiger partial charge is 0.234 e. The van der Waals surface area contributed by atoms with Gasteiger partial charge in [0.2, 0.25) is 5.91 Å². The van der Waals surface area contributed by atoms with Crippen LogP contribution in [0.5, 0.6) is 0 Å². The van der Waals surface area contributed by atoms with Gasteiger partial charge < -0.3 is 4.90 Å². The topological polar surface area (TPSA) is 51.0 Å². The molecule has 1 aromatic heterocycles. The number of amides is 1. The van der Waals surface area contributed by atoms with Gasteiger partial charge in [-0.05, 0) is 32.0 Å². The number of aromatic nitrogens is 3. The van der Waals surface area contributed by atoms with Gasteiger partial charge in [-0.3, -0.25) is 9.36 Å². The predicted molar refractivity (Wildman–Crippen MR) is 115 cm³/mol. The van der Waals surface area contributed by atoms with Gasteiger partial charge >= 0.3 is 0 Å². The van der Waals surface area contributed by atoms with Crippen LogP contribution in [0.25, 0.3) is 5.69 Å². The van der Waals surface area contributed by atoms with Crippen molar-refractivity contribution >= 4 is 29.4 Å². The van der Waals surface area contributed by atoms with Gasteiger partial charge in [0, 0.05) is 23.5 Å². The third kappa shape index (κ3) is 4.18. The van der Waals surface area contributed by atoms with Crippen LogP contribution >= 0.6 is 23.5 Å². The molecule has 0 aliphatic carbocycles. The third-order valence-electron chi connectivity index (χ3n) is 4.79. The molecular weight excluding hydrogens is 407 g/mol. The summed E-state index contributed by atoms with van der Waals surface area (Å²) in [5, 5.41) is 8.82. The van der Waals surface area contributed by atoms with E-state index in [-0.39, 0.29) is 22.9 Å². The number of hydrogen-bond donors (Lipinski definition) is 0. The molecule has 1 aliphatic rings. The summed E-state index contributed by atoms with van der Waals surface area (Å²) in [6.45, 7) is 4.55. The van der Waals surface area contributed by atoms with Crippen molar-refractivity contribution in [3.05, 3.63) is 71.3 Å². The molecule has 8 heteroatoms. The lowest BCUT2D eigenvalue weighted by Crippen LogP contribution is -2.32. The van der Waals surface area contributed by atoms with Crippen LogP contribution in [0, 0.1) is 19.7 Å². The van der Waals surface area contributed by atoms with Crippen molar-refractivity contribution in [2.24, 2.45) is 0 Å². The molecule has 1 fully saturated rings. The van der Waals surface area contributed by atoms with E-state index >= 15 is 0 Å². The Bertz CT molecular complexity index is 1020. The number of hydrogen-bond acceptors (Lipinski definition) is 5. The Morgan fingerprint density at radius 1 is 1.17 bits per heavy atom. The zero-order chi connectivity index (χ0) is 20.4. The number of rotatable bonds is 5. The van der Waals surface area contributed by atoms with Gasteiger partial charge in [0.1, 0.15) is 17.0 Å². The molecule has 1 aliphatic heterocycles. The highest BCUT2D eigenvalue weighted by molar-refractivity contribution is 8.00. The van der Waals surface area contributed by atoms with Crippen molar-refractivity contribution in [1.82, 2.24) is 19.7 Å². The molecule has 5 nitrogen and oxygen atoms in total. The Balaban J connectivity index is 1.49. The Labute approximate surface area is 177 Å². The summed E-state index contributed by atoms with van der Waals surface area (Å²) in [4.78, 5) is 14.7. The molecule has 0 N–H and O–H groups in total. The second-order valence-electron chi connectivity index (χ2n) is 6.82. The van der Waals surface area contributed by atoms with Crippen molar-refractivity contribution in [1.29, 1.82) is 0 Å². The molecule has 1 amide bonds. The maximum Gasteiger partial charge on any atom is 0.234 e. The molecule has 1 saturated heterocycles. The fourth-order valence-electron chi connectivity index (χ4n) is 3.30. The summed E-state index contributed by atoms with van der Waals surface area (Å²) in [6.07, 6.45) is 0. The minimum atomic E-state index is -0.277. The zero-order valence-electron chi connectivity index (χ0n) is 16.2. The average Bonchev–Trinajstić information content (AvgIpc) is 3.34. The Kier molecular flexibility index (Phi) is 5.91. The van der Waals surface area contributed by atoms with Gasteiger partial charge in [0.05, 0.1) is 5.75 Å². The maximum atomic E-state index is 14.2. The van der Waals surface area contributed by atoms with Crippen molar-refractivity contribution < 1.29 is 9.18 Å². The molecule has 150 valence electrons. The van der Waals surface area contributed by atoms with Gasteiger partial charge in [-0.25, -0.2) is 4.39 Å².